The fraction of sp³-hybridized carbons (Fsp3) is 0.350. The standard InChI is InChI=1S/C20H20Cl2N2O3/c1-26-18-7-12-5-6-24-17(14(12)9-19(18)27-2)10-23(11-20(24)25)16-4-3-13(21)8-15(16)22/h3-4,7-9,17H,5-6,10-11H2,1-2H3. The summed E-state index contributed by atoms with van der Waals surface area (Å²) in [5, 5.41) is 1.13. The molecule has 0 radical (unpaired) electrons. The predicted molar refractivity (Wildman–Crippen MR) is 106 cm³/mol. The largest absolute Gasteiger partial charge is 0.493 e. The zero-order valence-electron chi connectivity index (χ0n) is 15.2. The highest BCUT2D eigenvalue weighted by atomic mass is 35.5. The second-order valence-electron chi connectivity index (χ2n) is 6.74. The maximum atomic E-state index is 12.8. The maximum absolute atomic E-state index is 12.8. The smallest absolute Gasteiger partial charge is 0.242 e. The average Bonchev–Trinajstić information content (AvgIpc) is 2.66. The van der Waals surface area contributed by atoms with E-state index in [1.807, 2.05) is 28.0 Å². The molecule has 1 atom stereocenters. The quantitative estimate of drug-likeness (QED) is 0.773. The molecule has 7 heteroatoms. The van der Waals surface area contributed by atoms with Gasteiger partial charge in [0.2, 0.25) is 5.91 Å². The molecule has 1 fully saturated rings. The summed E-state index contributed by atoms with van der Waals surface area (Å²) in [5.41, 5.74) is 3.11. The molecule has 0 N–H and O–H groups in total. The summed E-state index contributed by atoms with van der Waals surface area (Å²) in [7, 11) is 3.25. The van der Waals surface area contributed by atoms with Gasteiger partial charge in [-0.15, -0.1) is 0 Å². The van der Waals surface area contributed by atoms with Gasteiger partial charge < -0.3 is 19.3 Å². The number of hydrogen-bond acceptors (Lipinski definition) is 4. The first-order valence-electron chi connectivity index (χ1n) is 8.76. The van der Waals surface area contributed by atoms with Crippen LogP contribution in [0.3, 0.4) is 0 Å². The lowest BCUT2D eigenvalue weighted by atomic mass is 9.90. The molecule has 5 nitrogen and oxygen atoms in total. The summed E-state index contributed by atoms with van der Waals surface area (Å²) < 4.78 is 10.9. The normalized spacial score (nSPS) is 18.8. The minimum absolute atomic E-state index is 0.0541. The summed E-state index contributed by atoms with van der Waals surface area (Å²) in [6, 6.07) is 9.32. The average molecular weight is 407 g/mol. The van der Waals surface area contributed by atoms with Gasteiger partial charge in [-0.05, 0) is 47.9 Å². The topological polar surface area (TPSA) is 42.0 Å². The molecule has 2 aliphatic rings. The summed E-state index contributed by atoms with van der Waals surface area (Å²) in [5.74, 6) is 1.48. The van der Waals surface area contributed by atoms with Crippen LogP contribution in [0, 0.1) is 0 Å². The van der Waals surface area contributed by atoms with Crippen LogP contribution < -0.4 is 14.4 Å². The third-order valence-corrected chi connectivity index (χ3v) is 5.83. The summed E-state index contributed by atoms with van der Waals surface area (Å²) in [6.07, 6.45) is 0.805. The fourth-order valence-electron chi connectivity index (χ4n) is 3.97. The number of benzene rings is 2. The van der Waals surface area contributed by atoms with Crippen LogP contribution in [0.1, 0.15) is 17.2 Å². The molecule has 1 amide bonds. The Kier molecular flexibility index (Phi) is 4.82. The van der Waals surface area contributed by atoms with Crippen LogP contribution in [-0.4, -0.2) is 44.7 Å². The van der Waals surface area contributed by atoms with Gasteiger partial charge in [-0.2, -0.15) is 0 Å². The van der Waals surface area contributed by atoms with E-state index in [2.05, 4.69) is 0 Å². The van der Waals surface area contributed by atoms with E-state index in [9.17, 15) is 4.79 Å². The number of methoxy groups -OCH3 is 2. The number of halogens is 2. The van der Waals surface area contributed by atoms with Gasteiger partial charge in [-0.25, -0.2) is 0 Å². The van der Waals surface area contributed by atoms with E-state index >= 15 is 0 Å². The van der Waals surface area contributed by atoms with Crippen molar-refractivity contribution in [2.24, 2.45) is 0 Å². The number of rotatable bonds is 3. The lowest BCUT2D eigenvalue weighted by molar-refractivity contribution is -0.134. The monoisotopic (exact) mass is 406 g/mol. The SMILES string of the molecule is COc1cc2c(cc1OC)C1CN(c3ccc(Cl)cc3Cl)CC(=O)N1CC2. The van der Waals surface area contributed by atoms with Crippen LogP contribution in [0.4, 0.5) is 5.69 Å². The number of nitrogens with zero attached hydrogens (tertiary/aromatic N) is 2. The molecule has 4 rings (SSSR count). The molecular weight excluding hydrogens is 387 g/mol. The Hall–Kier alpha value is -2.11. The summed E-state index contributed by atoms with van der Waals surface area (Å²) in [4.78, 5) is 16.8. The first-order chi connectivity index (χ1) is 13.0. The Balaban J connectivity index is 1.73. The highest BCUT2D eigenvalue weighted by Crippen LogP contribution is 2.41. The molecule has 0 bridgehead atoms. The van der Waals surface area contributed by atoms with Gasteiger partial charge in [0, 0.05) is 18.1 Å². The molecular formula is C20H20Cl2N2O3. The van der Waals surface area contributed by atoms with Crippen molar-refractivity contribution in [3.63, 3.8) is 0 Å². The minimum atomic E-state index is -0.0541. The lowest BCUT2D eigenvalue weighted by Crippen LogP contribution is -2.54. The van der Waals surface area contributed by atoms with Gasteiger partial charge in [-0.1, -0.05) is 23.2 Å². The Morgan fingerprint density at radius 2 is 1.81 bits per heavy atom. The highest BCUT2D eigenvalue weighted by molar-refractivity contribution is 6.36. The molecule has 2 aliphatic heterocycles. The second-order valence-corrected chi connectivity index (χ2v) is 7.58. The van der Waals surface area contributed by atoms with Crippen molar-refractivity contribution in [3.05, 3.63) is 51.5 Å². The van der Waals surface area contributed by atoms with Crippen molar-refractivity contribution in [2.75, 3.05) is 38.8 Å². The van der Waals surface area contributed by atoms with Gasteiger partial charge in [0.15, 0.2) is 11.5 Å². The van der Waals surface area contributed by atoms with Gasteiger partial charge in [0.25, 0.3) is 0 Å². The molecule has 1 unspecified atom stereocenters. The number of piperazine rings is 1. The van der Waals surface area contributed by atoms with E-state index in [4.69, 9.17) is 32.7 Å². The van der Waals surface area contributed by atoms with Crippen molar-refractivity contribution in [1.29, 1.82) is 0 Å². The Labute approximate surface area is 168 Å². The van der Waals surface area contributed by atoms with Crippen LogP contribution in [-0.2, 0) is 11.2 Å². The highest BCUT2D eigenvalue weighted by Gasteiger charge is 2.38. The molecule has 2 aromatic rings. The molecule has 27 heavy (non-hydrogen) atoms. The zero-order valence-corrected chi connectivity index (χ0v) is 16.7. The Bertz CT molecular complexity index is 903. The van der Waals surface area contributed by atoms with Crippen LogP contribution in [0.25, 0.3) is 0 Å². The number of fused-ring (bicyclic) bond motifs is 3. The van der Waals surface area contributed by atoms with E-state index in [1.54, 1.807) is 26.4 Å². The number of anilines is 1. The maximum Gasteiger partial charge on any atom is 0.242 e. The number of carbonyl (C=O) groups excluding carboxylic acids is 1. The predicted octanol–water partition coefficient (Wildman–Crippen LogP) is 3.96. The number of carbonyl (C=O) groups is 1. The summed E-state index contributed by atoms with van der Waals surface area (Å²) in [6.45, 7) is 1.67. The van der Waals surface area contributed by atoms with Crippen molar-refractivity contribution in [1.82, 2.24) is 4.90 Å². The fourth-order valence-corrected chi connectivity index (χ4v) is 4.50. The van der Waals surface area contributed by atoms with E-state index in [1.165, 1.54) is 5.56 Å². The third-order valence-electron chi connectivity index (χ3n) is 5.29. The summed E-state index contributed by atoms with van der Waals surface area (Å²) >= 11 is 12.4. The number of ether oxygens (including phenoxy) is 2. The van der Waals surface area contributed by atoms with E-state index in [-0.39, 0.29) is 11.9 Å². The third kappa shape index (κ3) is 3.19. The van der Waals surface area contributed by atoms with Crippen molar-refractivity contribution in [3.8, 4) is 11.5 Å². The van der Waals surface area contributed by atoms with Crippen LogP contribution in [0.5, 0.6) is 11.5 Å². The molecule has 0 spiro atoms. The molecule has 0 saturated carbocycles. The van der Waals surface area contributed by atoms with Crippen LogP contribution in [0.2, 0.25) is 10.0 Å². The number of hydrogen-bond donors (Lipinski definition) is 0. The molecule has 2 heterocycles. The van der Waals surface area contributed by atoms with Gasteiger partial charge in [0.1, 0.15) is 0 Å². The first-order valence-corrected chi connectivity index (χ1v) is 9.51. The molecule has 0 aromatic heterocycles. The first kappa shape index (κ1) is 18.3. The van der Waals surface area contributed by atoms with Gasteiger partial charge >= 0.3 is 0 Å². The Morgan fingerprint density at radius 3 is 2.52 bits per heavy atom. The molecule has 0 aliphatic carbocycles. The van der Waals surface area contributed by atoms with E-state index in [0.717, 1.165) is 17.7 Å². The lowest BCUT2D eigenvalue weighted by Gasteiger charge is -2.45. The van der Waals surface area contributed by atoms with Crippen LogP contribution in [0.15, 0.2) is 30.3 Å². The van der Waals surface area contributed by atoms with Crippen molar-refractivity contribution in [2.45, 2.75) is 12.5 Å². The van der Waals surface area contributed by atoms with Gasteiger partial charge in [0.05, 0.1) is 37.5 Å². The zero-order chi connectivity index (χ0) is 19.1. The molecule has 1 saturated heterocycles. The molecule has 2 aromatic carbocycles. The second kappa shape index (κ2) is 7.13. The van der Waals surface area contributed by atoms with E-state index in [0.29, 0.717) is 41.2 Å². The van der Waals surface area contributed by atoms with Gasteiger partial charge in [-0.3, -0.25) is 4.79 Å². The van der Waals surface area contributed by atoms with E-state index < -0.39 is 0 Å². The molecule has 142 valence electrons. The number of amides is 1. The van der Waals surface area contributed by atoms with Crippen LogP contribution >= 0.6 is 23.2 Å². The van der Waals surface area contributed by atoms with Crippen molar-refractivity contribution < 1.29 is 14.3 Å². The Morgan fingerprint density at radius 1 is 1.07 bits per heavy atom. The van der Waals surface area contributed by atoms with Crippen molar-refractivity contribution >= 4 is 34.8 Å². The minimum Gasteiger partial charge on any atom is -0.493 e.